The van der Waals surface area contributed by atoms with E-state index in [1.54, 1.807) is 24.1 Å². The van der Waals surface area contributed by atoms with Gasteiger partial charge in [-0.1, -0.05) is 63.2 Å². The Morgan fingerprint density at radius 3 is 2.26 bits per heavy atom. The third-order valence-corrected chi connectivity index (χ3v) is 7.87. The molecule has 1 aliphatic heterocycles. The Morgan fingerprint density at radius 1 is 0.884 bits per heavy atom. The number of carboxylic acid groups (broad SMARTS) is 1. The summed E-state index contributed by atoms with van der Waals surface area (Å²) in [6, 6.07) is 21.2. The summed E-state index contributed by atoms with van der Waals surface area (Å²) in [5.41, 5.74) is 4.41. The number of para-hydroxylation sites is 1. The number of carbonyl (C=O) groups excluding carboxylic acids is 1. The zero-order chi connectivity index (χ0) is 30.6. The Bertz CT molecular complexity index is 1590. The minimum Gasteiger partial charge on any atom is -0.491 e. The lowest BCUT2D eigenvalue weighted by atomic mass is 9.86. The molecule has 0 bridgehead atoms. The van der Waals surface area contributed by atoms with Gasteiger partial charge in [-0.2, -0.15) is 0 Å². The Hall–Kier alpha value is -4.30. The van der Waals surface area contributed by atoms with Gasteiger partial charge in [-0.25, -0.2) is 9.59 Å². The monoisotopic (exact) mass is 584 g/mol. The number of aromatic nitrogens is 1. The maximum Gasteiger partial charge on any atom is 0.415 e. The number of methoxy groups -OCH3 is 1. The predicted octanol–water partition coefficient (Wildman–Crippen LogP) is 7.36. The molecule has 8 heteroatoms. The number of hydrogen-bond donors (Lipinski definition) is 1. The van der Waals surface area contributed by atoms with Crippen LogP contribution in [0.4, 0.5) is 4.79 Å². The molecule has 1 fully saturated rings. The van der Waals surface area contributed by atoms with Crippen LogP contribution in [0, 0.1) is 0 Å². The molecule has 1 aromatic heterocycles. The molecular formula is C35H40N2O6. The first kappa shape index (κ1) is 30.2. The molecule has 1 N–H and O–H groups in total. The number of hydrogen-bond acceptors (Lipinski definition) is 5. The van der Waals surface area contributed by atoms with E-state index in [9.17, 15) is 14.7 Å². The lowest BCUT2D eigenvalue weighted by Crippen LogP contribution is -2.37. The van der Waals surface area contributed by atoms with Crippen molar-refractivity contribution >= 4 is 23.0 Å². The van der Waals surface area contributed by atoms with Crippen molar-refractivity contribution in [1.82, 2.24) is 9.47 Å². The summed E-state index contributed by atoms with van der Waals surface area (Å²) in [7, 11) is 1.60. The highest BCUT2D eigenvalue weighted by molar-refractivity contribution is 6.08. The second-order valence-electron chi connectivity index (χ2n) is 12.0. The SMILES string of the molecule is COCCOc1cc(Cn2c(C(=O)O)c(-c3ccc(C(C)(C)C)cc3)c3ccccc32)cc(OC(=O)N2CCCCC2)c1. The number of likely N-dealkylation sites (tertiary alicyclic amines) is 1. The molecule has 1 amide bonds. The lowest BCUT2D eigenvalue weighted by molar-refractivity contribution is 0.0687. The van der Waals surface area contributed by atoms with Gasteiger partial charge in [0.2, 0.25) is 0 Å². The summed E-state index contributed by atoms with van der Waals surface area (Å²) < 4.78 is 18.7. The first-order chi connectivity index (χ1) is 20.7. The average Bonchev–Trinajstić information content (AvgIpc) is 3.31. The van der Waals surface area contributed by atoms with Gasteiger partial charge in [0, 0.05) is 49.3 Å². The molecule has 1 saturated heterocycles. The molecule has 0 saturated carbocycles. The van der Waals surface area contributed by atoms with Gasteiger partial charge in [-0.15, -0.1) is 0 Å². The molecule has 4 aromatic rings. The Labute approximate surface area is 252 Å². The van der Waals surface area contributed by atoms with Crippen molar-refractivity contribution in [3.05, 3.63) is 83.6 Å². The van der Waals surface area contributed by atoms with E-state index in [2.05, 4.69) is 32.9 Å². The molecule has 0 atom stereocenters. The normalized spacial score (nSPS) is 13.7. The molecule has 0 unspecified atom stereocenters. The summed E-state index contributed by atoms with van der Waals surface area (Å²) >= 11 is 0. The summed E-state index contributed by atoms with van der Waals surface area (Å²) in [5.74, 6) is -0.149. The van der Waals surface area contributed by atoms with E-state index in [1.807, 2.05) is 47.0 Å². The maximum atomic E-state index is 12.9. The zero-order valence-corrected chi connectivity index (χ0v) is 25.4. The first-order valence-electron chi connectivity index (χ1n) is 14.8. The highest BCUT2D eigenvalue weighted by Gasteiger charge is 2.25. The van der Waals surface area contributed by atoms with Gasteiger partial charge in [0.05, 0.1) is 6.61 Å². The van der Waals surface area contributed by atoms with Crippen molar-refractivity contribution in [2.24, 2.45) is 0 Å². The molecule has 3 aromatic carbocycles. The van der Waals surface area contributed by atoms with Gasteiger partial charge >= 0.3 is 12.1 Å². The Balaban J connectivity index is 1.56. The first-order valence-corrected chi connectivity index (χ1v) is 14.8. The van der Waals surface area contributed by atoms with Crippen LogP contribution >= 0.6 is 0 Å². The highest BCUT2D eigenvalue weighted by atomic mass is 16.6. The number of carbonyl (C=O) groups is 2. The second-order valence-corrected chi connectivity index (χ2v) is 12.0. The van der Waals surface area contributed by atoms with Crippen molar-refractivity contribution in [3.63, 3.8) is 0 Å². The number of fused-ring (bicyclic) bond motifs is 1. The third kappa shape index (κ3) is 6.86. The highest BCUT2D eigenvalue weighted by Crippen LogP contribution is 2.37. The smallest absolute Gasteiger partial charge is 0.415 e. The van der Waals surface area contributed by atoms with Crippen LogP contribution in [0.25, 0.3) is 22.0 Å². The van der Waals surface area contributed by atoms with E-state index in [0.717, 1.165) is 41.3 Å². The molecule has 226 valence electrons. The van der Waals surface area contributed by atoms with Crippen LogP contribution in [0.2, 0.25) is 0 Å². The van der Waals surface area contributed by atoms with Gasteiger partial charge in [-0.05, 0) is 59.6 Å². The lowest BCUT2D eigenvalue weighted by Gasteiger charge is -2.25. The summed E-state index contributed by atoms with van der Waals surface area (Å²) in [4.78, 5) is 27.6. The van der Waals surface area contributed by atoms with Gasteiger partial charge in [0.1, 0.15) is 23.8 Å². The van der Waals surface area contributed by atoms with E-state index in [1.165, 1.54) is 5.56 Å². The zero-order valence-electron chi connectivity index (χ0n) is 25.4. The van der Waals surface area contributed by atoms with E-state index < -0.39 is 12.1 Å². The quantitative estimate of drug-likeness (QED) is 0.207. The molecule has 5 rings (SSSR count). The molecular weight excluding hydrogens is 544 g/mol. The predicted molar refractivity (Wildman–Crippen MR) is 167 cm³/mol. The molecule has 0 spiro atoms. The number of carboxylic acids is 1. The number of nitrogens with zero attached hydrogens (tertiary/aromatic N) is 2. The summed E-state index contributed by atoms with van der Waals surface area (Å²) in [5, 5.41) is 11.4. The fourth-order valence-corrected chi connectivity index (χ4v) is 5.65. The third-order valence-electron chi connectivity index (χ3n) is 7.87. The minimum absolute atomic E-state index is 0.0202. The molecule has 1 aliphatic rings. The number of amides is 1. The van der Waals surface area contributed by atoms with Gasteiger partial charge < -0.3 is 28.8 Å². The van der Waals surface area contributed by atoms with Gasteiger partial charge in [-0.3, -0.25) is 0 Å². The number of benzene rings is 3. The van der Waals surface area contributed by atoms with Crippen molar-refractivity contribution in [1.29, 1.82) is 0 Å². The average molecular weight is 585 g/mol. The summed E-state index contributed by atoms with van der Waals surface area (Å²) in [6.07, 6.45) is 2.63. The number of piperidine rings is 1. The van der Waals surface area contributed by atoms with Crippen molar-refractivity contribution in [2.75, 3.05) is 33.4 Å². The van der Waals surface area contributed by atoms with Crippen molar-refractivity contribution in [3.8, 4) is 22.6 Å². The van der Waals surface area contributed by atoms with Crippen LogP contribution in [0.15, 0.2) is 66.7 Å². The maximum absolute atomic E-state index is 12.9. The molecule has 43 heavy (non-hydrogen) atoms. The van der Waals surface area contributed by atoms with E-state index in [4.69, 9.17) is 14.2 Å². The van der Waals surface area contributed by atoms with Crippen LogP contribution < -0.4 is 9.47 Å². The topological polar surface area (TPSA) is 90.2 Å². The standard InChI is InChI=1S/C35H40N2O6/c1-35(2,3)26-14-12-25(13-15-26)31-29-10-6-7-11-30(29)37(32(31)33(38)39)23-24-20-27(42-19-18-41-4)22-28(21-24)43-34(40)36-16-8-5-9-17-36/h6-7,10-15,20-22H,5,8-9,16-19,23H2,1-4H3,(H,38,39). The van der Waals surface area contributed by atoms with E-state index in [0.29, 0.717) is 43.4 Å². The molecule has 0 radical (unpaired) electrons. The molecule has 0 aliphatic carbocycles. The van der Waals surface area contributed by atoms with Gasteiger partial charge in [0.25, 0.3) is 0 Å². The van der Waals surface area contributed by atoms with E-state index in [-0.39, 0.29) is 17.7 Å². The molecule has 8 nitrogen and oxygen atoms in total. The van der Waals surface area contributed by atoms with Crippen molar-refractivity contribution < 1.29 is 28.9 Å². The van der Waals surface area contributed by atoms with Gasteiger partial charge in [0.15, 0.2) is 0 Å². The fourth-order valence-electron chi connectivity index (χ4n) is 5.65. The van der Waals surface area contributed by atoms with Crippen LogP contribution in [0.5, 0.6) is 11.5 Å². The van der Waals surface area contributed by atoms with Crippen LogP contribution in [-0.4, -0.2) is 60.0 Å². The Kier molecular flexibility index (Phi) is 9.06. The second kappa shape index (κ2) is 12.9. The number of rotatable bonds is 9. The van der Waals surface area contributed by atoms with Crippen LogP contribution in [0.1, 0.15) is 61.6 Å². The molecule has 2 heterocycles. The largest absolute Gasteiger partial charge is 0.491 e. The Morgan fingerprint density at radius 2 is 1.58 bits per heavy atom. The summed E-state index contributed by atoms with van der Waals surface area (Å²) in [6.45, 7) is 8.76. The minimum atomic E-state index is -1.02. The fraction of sp³-hybridized carbons (Fsp3) is 0.371. The number of aromatic carboxylic acids is 1. The van der Waals surface area contributed by atoms with E-state index >= 15 is 0 Å². The number of ether oxygens (including phenoxy) is 3. The van der Waals surface area contributed by atoms with Crippen LogP contribution in [0.3, 0.4) is 0 Å². The van der Waals surface area contributed by atoms with Crippen molar-refractivity contribution in [2.45, 2.75) is 52.0 Å². The van der Waals surface area contributed by atoms with Crippen LogP contribution in [-0.2, 0) is 16.7 Å².